The van der Waals surface area contributed by atoms with Gasteiger partial charge in [-0.15, -0.1) is 11.3 Å². The number of alkyl halides is 6. The van der Waals surface area contributed by atoms with Crippen LogP contribution >= 0.6 is 11.3 Å². The van der Waals surface area contributed by atoms with Gasteiger partial charge in [0, 0.05) is 55.2 Å². The lowest BCUT2D eigenvalue weighted by atomic mass is 9.78. The third kappa shape index (κ3) is 8.77. The van der Waals surface area contributed by atoms with Crippen LogP contribution < -0.4 is 9.47 Å². The van der Waals surface area contributed by atoms with E-state index >= 15 is 0 Å². The predicted molar refractivity (Wildman–Crippen MR) is 184 cm³/mol. The summed E-state index contributed by atoms with van der Waals surface area (Å²) in [6.45, 7) is 3.36. The molecular formula is C37H41F6N3O7S. The number of pyridine rings is 1. The number of halogens is 6. The van der Waals surface area contributed by atoms with Crippen LogP contribution in [0, 0.1) is 5.92 Å². The van der Waals surface area contributed by atoms with Crippen molar-refractivity contribution in [1.29, 1.82) is 0 Å². The van der Waals surface area contributed by atoms with Crippen molar-refractivity contribution in [3.05, 3.63) is 75.7 Å². The Balaban J connectivity index is 1.48. The minimum Gasteiger partial charge on any atom is -0.493 e. The first kappa shape index (κ1) is 40.8. The van der Waals surface area contributed by atoms with Crippen LogP contribution in [0.25, 0.3) is 0 Å². The van der Waals surface area contributed by atoms with Gasteiger partial charge >= 0.3 is 18.3 Å². The number of aliphatic hydroxyl groups is 1. The van der Waals surface area contributed by atoms with Crippen LogP contribution in [0.4, 0.5) is 26.3 Å². The summed E-state index contributed by atoms with van der Waals surface area (Å²) in [4.78, 5) is 45.3. The largest absolute Gasteiger partial charge is 0.493 e. The van der Waals surface area contributed by atoms with Crippen molar-refractivity contribution < 1.29 is 60.4 Å². The van der Waals surface area contributed by atoms with Crippen LogP contribution in [0.15, 0.2) is 54.0 Å². The maximum atomic E-state index is 14.9. The third-order valence-corrected chi connectivity index (χ3v) is 10.8. The number of ether oxygens (including phenoxy) is 2. The highest BCUT2D eigenvalue weighted by Crippen LogP contribution is 2.44. The van der Waals surface area contributed by atoms with Crippen molar-refractivity contribution in [2.45, 2.75) is 88.4 Å². The molecule has 4 heterocycles. The number of hydrogen-bond acceptors (Lipinski definition) is 8. The van der Waals surface area contributed by atoms with Crippen molar-refractivity contribution in [2.75, 3.05) is 26.2 Å². The number of aliphatic carboxylic acids is 1. The molecule has 0 unspecified atom stereocenters. The fraction of sp³-hybridized carbons (Fsp3) is 0.514. The Kier molecular flexibility index (Phi) is 12.2. The number of carbonyl (C=O) groups excluding carboxylic acids is 2. The van der Waals surface area contributed by atoms with Crippen LogP contribution in [0.3, 0.4) is 0 Å². The van der Waals surface area contributed by atoms with Gasteiger partial charge in [-0.1, -0.05) is 38.5 Å². The van der Waals surface area contributed by atoms with E-state index in [-0.39, 0.29) is 76.4 Å². The van der Waals surface area contributed by atoms with Crippen LogP contribution in [-0.2, 0) is 27.5 Å². The van der Waals surface area contributed by atoms with Gasteiger partial charge in [0.1, 0.15) is 22.1 Å². The molecule has 5 rings (SSSR count). The standard InChI is InChI=1S/C37H41F6N3O7S/c1-3-8-28-35(53-24-20-29(54-22-24)37(41,42)43,12-7-16-46(28)32(49)31-26(36(38,39)40)10-6-15-44-31)33(50)45-17-13-34(51,14-18-45)25-9-4-5-11-27(25)52-21-23(2)19-30(47)48/h4-6,9-11,15,20,22-23,28,51H,3,7-8,12-14,16-19,21H2,1-2H3,(H,47,48)/t23-,28+,35-/m0/s1. The number of carboxylic acids is 1. The van der Waals surface area contributed by atoms with Gasteiger partial charge in [0.15, 0.2) is 0 Å². The first-order valence-electron chi connectivity index (χ1n) is 17.5. The molecule has 17 heteroatoms. The molecule has 3 aromatic rings. The van der Waals surface area contributed by atoms with E-state index in [2.05, 4.69) is 4.98 Å². The highest BCUT2D eigenvalue weighted by molar-refractivity contribution is 7.10. The highest BCUT2D eigenvalue weighted by Gasteiger charge is 2.57. The molecule has 54 heavy (non-hydrogen) atoms. The summed E-state index contributed by atoms with van der Waals surface area (Å²) in [5.74, 6) is -3.01. The van der Waals surface area contributed by atoms with Crippen molar-refractivity contribution >= 4 is 29.1 Å². The monoisotopic (exact) mass is 785 g/mol. The van der Waals surface area contributed by atoms with Gasteiger partial charge in [-0.25, -0.2) is 0 Å². The Morgan fingerprint density at radius 2 is 1.72 bits per heavy atom. The summed E-state index contributed by atoms with van der Waals surface area (Å²) in [6.07, 6.45) is -8.29. The Hall–Kier alpha value is -4.38. The van der Waals surface area contributed by atoms with Crippen LogP contribution in [0.2, 0.25) is 0 Å². The molecule has 2 aliphatic rings. The molecule has 2 amide bonds. The Bertz CT molecular complexity index is 1810. The summed E-state index contributed by atoms with van der Waals surface area (Å²) in [5, 5.41) is 22.1. The van der Waals surface area contributed by atoms with Crippen molar-refractivity contribution in [2.24, 2.45) is 5.92 Å². The number of piperidine rings is 2. The molecule has 2 saturated heterocycles. The number of thiophene rings is 1. The van der Waals surface area contributed by atoms with Gasteiger partial charge in [-0.05, 0) is 43.9 Å². The number of hydrogen-bond donors (Lipinski definition) is 2. The molecule has 2 N–H and O–H groups in total. The predicted octanol–water partition coefficient (Wildman–Crippen LogP) is 7.40. The van der Waals surface area contributed by atoms with E-state index in [1.807, 2.05) is 0 Å². The summed E-state index contributed by atoms with van der Waals surface area (Å²) in [7, 11) is 0. The lowest BCUT2D eigenvalue weighted by Gasteiger charge is -2.51. The normalized spacial score (nSPS) is 21.0. The Morgan fingerprint density at radius 3 is 2.35 bits per heavy atom. The fourth-order valence-electron chi connectivity index (χ4n) is 7.26. The fourth-order valence-corrected chi connectivity index (χ4v) is 7.94. The molecule has 0 aliphatic carbocycles. The van der Waals surface area contributed by atoms with Gasteiger partial charge in [0.2, 0.25) is 5.60 Å². The smallest absolute Gasteiger partial charge is 0.425 e. The molecule has 2 aliphatic heterocycles. The van der Waals surface area contributed by atoms with E-state index < -0.39 is 63.5 Å². The average molecular weight is 786 g/mol. The molecule has 294 valence electrons. The van der Waals surface area contributed by atoms with E-state index in [0.717, 1.165) is 34.7 Å². The van der Waals surface area contributed by atoms with Gasteiger partial charge in [0.05, 0.1) is 30.2 Å². The molecule has 2 fully saturated rings. The lowest BCUT2D eigenvalue weighted by molar-refractivity contribution is -0.163. The zero-order valence-electron chi connectivity index (χ0n) is 29.6. The number of carbonyl (C=O) groups is 3. The molecule has 0 saturated carbocycles. The molecule has 3 atom stereocenters. The zero-order chi connectivity index (χ0) is 39.5. The second kappa shape index (κ2) is 16.2. The third-order valence-electron chi connectivity index (χ3n) is 9.83. The highest BCUT2D eigenvalue weighted by atomic mass is 32.1. The SMILES string of the molecule is CCC[C@H]1N(C(=O)c2ncccc2C(F)(F)F)CCC[C@@]1(Oc1csc(C(F)(F)F)c1)C(=O)N1CCC(O)(c2ccccc2OC[C@@H](C)CC(=O)O)CC1. The van der Waals surface area contributed by atoms with E-state index in [1.165, 1.54) is 4.90 Å². The maximum Gasteiger partial charge on any atom is 0.425 e. The summed E-state index contributed by atoms with van der Waals surface area (Å²) in [6, 6.07) is 8.05. The van der Waals surface area contributed by atoms with E-state index in [0.29, 0.717) is 29.1 Å². The van der Waals surface area contributed by atoms with Crippen LogP contribution in [0.1, 0.15) is 85.3 Å². The summed E-state index contributed by atoms with van der Waals surface area (Å²) < 4.78 is 95.3. The molecule has 2 aromatic heterocycles. The molecule has 10 nitrogen and oxygen atoms in total. The molecular weight excluding hydrogens is 744 g/mol. The first-order valence-corrected chi connectivity index (χ1v) is 18.4. The van der Waals surface area contributed by atoms with Gasteiger partial charge in [-0.3, -0.25) is 19.4 Å². The summed E-state index contributed by atoms with van der Waals surface area (Å²) in [5.41, 5.74) is -5.20. The van der Waals surface area contributed by atoms with Gasteiger partial charge in [-0.2, -0.15) is 26.3 Å². The first-order chi connectivity index (χ1) is 25.4. The van der Waals surface area contributed by atoms with Gasteiger partial charge in [0.25, 0.3) is 11.8 Å². The topological polar surface area (TPSA) is 130 Å². The molecule has 0 bridgehead atoms. The molecule has 0 spiro atoms. The Labute approximate surface area is 311 Å². The number of aromatic nitrogens is 1. The minimum atomic E-state index is -4.92. The lowest BCUT2D eigenvalue weighted by Crippen LogP contribution is -2.68. The number of para-hydroxylation sites is 1. The molecule has 0 radical (unpaired) electrons. The zero-order valence-corrected chi connectivity index (χ0v) is 30.4. The number of rotatable bonds is 12. The number of amides is 2. The van der Waals surface area contributed by atoms with Crippen molar-refractivity contribution in [1.82, 2.24) is 14.8 Å². The number of carboxylic acid groups (broad SMARTS) is 1. The second-order valence-electron chi connectivity index (χ2n) is 13.8. The van der Waals surface area contributed by atoms with Gasteiger partial charge < -0.3 is 29.5 Å². The summed E-state index contributed by atoms with van der Waals surface area (Å²) >= 11 is 0.357. The number of likely N-dealkylation sites (tertiary alicyclic amines) is 2. The number of nitrogens with zero attached hydrogens (tertiary/aromatic N) is 3. The average Bonchev–Trinajstić information content (AvgIpc) is 3.60. The second-order valence-corrected chi connectivity index (χ2v) is 14.7. The van der Waals surface area contributed by atoms with Crippen molar-refractivity contribution in [3.8, 4) is 11.5 Å². The number of benzene rings is 1. The van der Waals surface area contributed by atoms with E-state index in [9.17, 15) is 45.8 Å². The van der Waals surface area contributed by atoms with E-state index in [4.69, 9.17) is 14.6 Å². The van der Waals surface area contributed by atoms with Crippen LogP contribution in [0.5, 0.6) is 11.5 Å². The van der Waals surface area contributed by atoms with Crippen molar-refractivity contribution in [3.63, 3.8) is 0 Å². The maximum absolute atomic E-state index is 14.9. The quantitative estimate of drug-likeness (QED) is 0.182. The van der Waals surface area contributed by atoms with Crippen LogP contribution in [-0.4, -0.2) is 80.7 Å². The minimum absolute atomic E-state index is 0.000509. The molecule has 1 aromatic carbocycles. The van der Waals surface area contributed by atoms with E-state index in [1.54, 1.807) is 38.1 Å². The Morgan fingerprint density at radius 1 is 1.02 bits per heavy atom.